The maximum Gasteiger partial charge on any atom is 0.326 e. The molecule has 4 heteroatoms. The van der Waals surface area contributed by atoms with E-state index in [1.807, 2.05) is 27.7 Å². The van der Waals surface area contributed by atoms with Crippen LogP contribution in [0, 0.1) is 11.8 Å². The Morgan fingerprint density at radius 2 is 1.81 bits per heavy atom. The minimum Gasteiger partial charge on any atom is -0.480 e. The summed E-state index contributed by atoms with van der Waals surface area (Å²) < 4.78 is 0. The molecule has 2 unspecified atom stereocenters. The van der Waals surface area contributed by atoms with Gasteiger partial charge >= 0.3 is 5.97 Å². The Balaban J connectivity index is 4.18. The summed E-state index contributed by atoms with van der Waals surface area (Å²) in [5.41, 5.74) is 0. The molecule has 94 valence electrons. The molecular weight excluding hydrogens is 206 g/mol. The van der Waals surface area contributed by atoms with Crippen LogP contribution in [0.3, 0.4) is 0 Å². The predicted octanol–water partition coefficient (Wildman–Crippen LogP) is 2.04. The molecule has 0 fully saturated rings. The van der Waals surface area contributed by atoms with Crippen LogP contribution in [0.15, 0.2) is 0 Å². The largest absolute Gasteiger partial charge is 0.480 e. The minimum absolute atomic E-state index is 0.164. The smallest absolute Gasteiger partial charge is 0.326 e. The maximum absolute atomic E-state index is 11.5. The highest BCUT2D eigenvalue weighted by molar-refractivity contribution is 5.83. The van der Waals surface area contributed by atoms with E-state index in [0.29, 0.717) is 18.8 Å². The van der Waals surface area contributed by atoms with Crippen molar-refractivity contribution >= 4 is 11.9 Å². The fourth-order valence-corrected chi connectivity index (χ4v) is 1.41. The molecule has 0 radical (unpaired) electrons. The summed E-state index contributed by atoms with van der Waals surface area (Å²) in [6.07, 6.45) is 1.80. The third-order valence-corrected chi connectivity index (χ3v) is 2.57. The number of carboxylic acids is 1. The lowest BCUT2D eigenvalue weighted by Gasteiger charge is -2.17. The third kappa shape index (κ3) is 6.43. The van der Waals surface area contributed by atoms with Gasteiger partial charge in [-0.05, 0) is 18.3 Å². The van der Waals surface area contributed by atoms with Crippen molar-refractivity contribution in [3.63, 3.8) is 0 Å². The van der Waals surface area contributed by atoms with Gasteiger partial charge < -0.3 is 10.4 Å². The Hall–Kier alpha value is -1.06. The standard InChI is InChI=1S/C12H23NO3/c1-5-9(4)7-11(14)13-10(12(15)16)6-8(2)3/h8-10H,5-7H2,1-4H3,(H,13,14)(H,15,16). The second-order valence-corrected chi connectivity index (χ2v) is 4.81. The van der Waals surface area contributed by atoms with Crippen LogP contribution in [-0.2, 0) is 9.59 Å². The normalized spacial score (nSPS) is 14.6. The number of carbonyl (C=O) groups excluding carboxylic acids is 1. The van der Waals surface area contributed by atoms with Gasteiger partial charge in [0.15, 0.2) is 0 Å². The van der Waals surface area contributed by atoms with Crippen molar-refractivity contribution in [2.75, 3.05) is 0 Å². The Bertz CT molecular complexity index is 238. The predicted molar refractivity (Wildman–Crippen MR) is 63.1 cm³/mol. The average molecular weight is 229 g/mol. The van der Waals surface area contributed by atoms with Crippen molar-refractivity contribution in [2.45, 2.75) is 53.0 Å². The summed E-state index contributed by atoms with van der Waals surface area (Å²) in [6, 6.07) is -0.753. The van der Waals surface area contributed by atoms with Gasteiger partial charge in [0, 0.05) is 6.42 Å². The molecule has 16 heavy (non-hydrogen) atoms. The van der Waals surface area contributed by atoms with Gasteiger partial charge in [0.25, 0.3) is 0 Å². The van der Waals surface area contributed by atoms with Crippen molar-refractivity contribution in [1.29, 1.82) is 0 Å². The van der Waals surface area contributed by atoms with Gasteiger partial charge in [-0.3, -0.25) is 4.79 Å². The quantitative estimate of drug-likeness (QED) is 0.702. The van der Waals surface area contributed by atoms with Crippen LogP contribution in [0.25, 0.3) is 0 Å². The molecule has 0 rings (SSSR count). The maximum atomic E-state index is 11.5. The zero-order valence-electron chi connectivity index (χ0n) is 10.6. The van der Waals surface area contributed by atoms with Crippen LogP contribution in [0.2, 0.25) is 0 Å². The number of carboxylic acid groups (broad SMARTS) is 1. The highest BCUT2D eigenvalue weighted by Gasteiger charge is 2.21. The summed E-state index contributed by atoms with van der Waals surface area (Å²) in [6.45, 7) is 7.88. The first-order valence-corrected chi connectivity index (χ1v) is 5.88. The summed E-state index contributed by atoms with van der Waals surface area (Å²) in [5.74, 6) is -0.563. The molecule has 0 aromatic heterocycles. The Kier molecular flexibility index (Phi) is 6.77. The number of hydrogen-bond acceptors (Lipinski definition) is 2. The monoisotopic (exact) mass is 229 g/mol. The van der Waals surface area contributed by atoms with E-state index in [2.05, 4.69) is 5.32 Å². The fraction of sp³-hybridized carbons (Fsp3) is 0.833. The number of hydrogen-bond donors (Lipinski definition) is 2. The van der Waals surface area contributed by atoms with Crippen molar-refractivity contribution in [3.05, 3.63) is 0 Å². The van der Waals surface area contributed by atoms with Crippen LogP contribution in [0.1, 0.15) is 47.0 Å². The van der Waals surface area contributed by atoms with E-state index in [1.54, 1.807) is 0 Å². The molecule has 2 N–H and O–H groups in total. The highest BCUT2D eigenvalue weighted by atomic mass is 16.4. The van der Waals surface area contributed by atoms with Crippen molar-refractivity contribution < 1.29 is 14.7 Å². The van der Waals surface area contributed by atoms with Crippen LogP contribution in [0.4, 0.5) is 0 Å². The number of carbonyl (C=O) groups is 2. The number of amides is 1. The van der Waals surface area contributed by atoms with Crippen LogP contribution >= 0.6 is 0 Å². The molecule has 0 aromatic rings. The van der Waals surface area contributed by atoms with Crippen molar-refractivity contribution in [3.8, 4) is 0 Å². The van der Waals surface area contributed by atoms with Gasteiger partial charge in [-0.15, -0.1) is 0 Å². The van der Waals surface area contributed by atoms with Gasteiger partial charge in [0.05, 0.1) is 0 Å². The Morgan fingerprint density at radius 1 is 1.25 bits per heavy atom. The summed E-state index contributed by atoms with van der Waals surface area (Å²) >= 11 is 0. The summed E-state index contributed by atoms with van der Waals surface area (Å²) in [5, 5.41) is 11.5. The number of rotatable bonds is 7. The molecule has 0 saturated carbocycles. The zero-order valence-corrected chi connectivity index (χ0v) is 10.6. The number of nitrogens with one attached hydrogen (secondary N) is 1. The Labute approximate surface area is 97.4 Å². The second-order valence-electron chi connectivity index (χ2n) is 4.81. The topological polar surface area (TPSA) is 66.4 Å². The van der Waals surface area contributed by atoms with Gasteiger partial charge in [-0.1, -0.05) is 34.1 Å². The number of aliphatic carboxylic acids is 1. The molecule has 0 heterocycles. The molecule has 2 atom stereocenters. The molecule has 0 aromatic carbocycles. The van der Waals surface area contributed by atoms with E-state index in [0.717, 1.165) is 6.42 Å². The van der Waals surface area contributed by atoms with E-state index in [4.69, 9.17) is 5.11 Å². The lowest BCUT2D eigenvalue weighted by Crippen LogP contribution is -2.42. The SMILES string of the molecule is CCC(C)CC(=O)NC(CC(C)C)C(=O)O. The van der Waals surface area contributed by atoms with Crippen molar-refractivity contribution in [1.82, 2.24) is 5.32 Å². The summed E-state index contributed by atoms with van der Waals surface area (Å²) in [7, 11) is 0. The molecule has 4 nitrogen and oxygen atoms in total. The first kappa shape index (κ1) is 14.9. The van der Waals surface area contributed by atoms with Crippen LogP contribution < -0.4 is 5.32 Å². The van der Waals surface area contributed by atoms with E-state index < -0.39 is 12.0 Å². The second kappa shape index (κ2) is 7.25. The first-order chi connectivity index (χ1) is 7.36. The highest BCUT2D eigenvalue weighted by Crippen LogP contribution is 2.08. The molecular formula is C12H23NO3. The molecule has 0 aliphatic carbocycles. The van der Waals surface area contributed by atoms with E-state index in [-0.39, 0.29) is 11.8 Å². The average Bonchev–Trinajstić information content (AvgIpc) is 2.15. The van der Waals surface area contributed by atoms with Crippen LogP contribution in [0.5, 0.6) is 0 Å². The molecule has 1 amide bonds. The summed E-state index contributed by atoms with van der Waals surface area (Å²) in [4.78, 5) is 22.4. The Morgan fingerprint density at radius 3 is 2.19 bits per heavy atom. The fourth-order valence-electron chi connectivity index (χ4n) is 1.41. The molecule has 0 spiro atoms. The van der Waals surface area contributed by atoms with Gasteiger partial charge in [0.1, 0.15) is 6.04 Å². The molecule has 0 aliphatic rings. The van der Waals surface area contributed by atoms with E-state index in [1.165, 1.54) is 0 Å². The molecule has 0 aliphatic heterocycles. The lowest BCUT2D eigenvalue weighted by atomic mass is 10.0. The lowest BCUT2D eigenvalue weighted by molar-refractivity contribution is -0.142. The van der Waals surface area contributed by atoms with Gasteiger partial charge in [-0.25, -0.2) is 4.79 Å². The molecule has 0 bridgehead atoms. The first-order valence-electron chi connectivity index (χ1n) is 5.88. The van der Waals surface area contributed by atoms with Crippen LogP contribution in [-0.4, -0.2) is 23.0 Å². The third-order valence-electron chi connectivity index (χ3n) is 2.57. The minimum atomic E-state index is -0.953. The van der Waals surface area contributed by atoms with Gasteiger partial charge in [0.2, 0.25) is 5.91 Å². The van der Waals surface area contributed by atoms with Gasteiger partial charge in [-0.2, -0.15) is 0 Å². The molecule has 0 saturated heterocycles. The van der Waals surface area contributed by atoms with Crippen molar-refractivity contribution in [2.24, 2.45) is 11.8 Å². The van der Waals surface area contributed by atoms with E-state index in [9.17, 15) is 9.59 Å². The zero-order chi connectivity index (χ0) is 12.7. The van der Waals surface area contributed by atoms with E-state index >= 15 is 0 Å².